The number of hydrogen-bond acceptors (Lipinski definition) is 9. The average Bonchev–Trinajstić information content (AvgIpc) is 3.43. The number of carbonyl (C=O) groups excluding carboxylic acids is 2. The van der Waals surface area contributed by atoms with E-state index in [0.717, 1.165) is 47.1 Å². The summed E-state index contributed by atoms with van der Waals surface area (Å²) in [6.45, 7) is 6.67. The van der Waals surface area contributed by atoms with Crippen molar-refractivity contribution in [2.24, 2.45) is 5.92 Å². The van der Waals surface area contributed by atoms with E-state index in [1.807, 2.05) is 55.1 Å². The van der Waals surface area contributed by atoms with Gasteiger partial charge in [-0.3, -0.25) is 14.4 Å². The molecule has 1 saturated heterocycles. The Kier molecular flexibility index (Phi) is 10.3. The van der Waals surface area contributed by atoms with Crippen LogP contribution in [0.2, 0.25) is 0 Å². The summed E-state index contributed by atoms with van der Waals surface area (Å²) in [7, 11) is 4.70. The molecule has 2 amide bonds. The molecule has 0 spiro atoms. The molecule has 2 heterocycles. The molecule has 11 heteroatoms. The molecule has 0 bridgehead atoms. The summed E-state index contributed by atoms with van der Waals surface area (Å²) >= 11 is 0. The molecule has 0 unspecified atom stereocenters. The Labute approximate surface area is 292 Å². The quantitative estimate of drug-likeness (QED) is 0.200. The third-order valence-electron chi connectivity index (χ3n) is 10.2. The van der Waals surface area contributed by atoms with E-state index >= 15 is 0 Å². The number of amides is 2. The number of aromatic nitrogens is 1. The maximum atomic E-state index is 14.2. The summed E-state index contributed by atoms with van der Waals surface area (Å²) in [5, 5.41) is 6.41. The molecule has 2 N–H and O–H groups in total. The maximum absolute atomic E-state index is 14.2. The third kappa shape index (κ3) is 6.73. The SMILES string of the molecule is CC[C@@H](C)[C@H](Nc1ccc2c(cc1=O)[C@@H](NC(C)=O)CCc1cc(OC)c(OC)c(OC)c1-2)C(=O)N1CCC(c2nc3ccccc3o2)CC1. The monoisotopic (exact) mass is 682 g/mol. The number of likely N-dealkylation sites (tertiary alicyclic amines) is 1. The molecule has 3 atom stereocenters. The predicted molar refractivity (Wildman–Crippen MR) is 192 cm³/mol. The van der Waals surface area contributed by atoms with Gasteiger partial charge in [-0.2, -0.15) is 0 Å². The predicted octanol–water partition coefficient (Wildman–Crippen LogP) is 6.24. The van der Waals surface area contributed by atoms with Gasteiger partial charge in [-0.1, -0.05) is 38.5 Å². The first-order valence-electron chi connectivity index (χ1n) is 17.4. The summed E-state index contributed by atoms with van der Waals surface area (Å²) in [6, 6.07) is 13.8. The largest absolute Gasteiger partial charge is 0.493 e. The number of carbonyl (C=O) groups is 2. The van der Waals surface area contributed by atoms with Crippen LogP contribution >= 0.6 is 0 Å². The first-order valence-corrected chi connectivity index (χ1v) is 17.4. The van der Waals surface area contributed by atoms with Crippen LogP contribution in [0.1, 0.15) is 75.4 Å². The Morgan fingerprint density at radius 2 is 1.74 bits per heavy atom. The lowest BCUT2D eigenvalue weighted by Gasteiger charge is -2.35. The minimum Gasteiger partial charge on any atom is -0.493 e. The van der Waals surface area contributed by atoms with Gasteiger partial charge in [0.2, 0.25) is 23.0 Å². The van der Waals surface area contributed by atoms with Crippen molar-refractivity contribution in [2.45, 2.75) is 70.9 Å². The van der Waals surface area contributed by atoms with Crippen molar-refractivity contribution in [3.63, 3.8) is 0 Å². The smallest absolute Gasteiger partial charge is 0.245 e. The van der Waals surface area contributed by atoms with Crippen molar-refractivity contribution in [3.8, 4) is 28.4 Å². The molecule has 2 aliphatic rings. The highest BCUT2D eigenvalue weighted by atomic mass is 16.5. The number of nitrogens with one attached hydrogen (secondary N) is 2. The molecule has 3 aromatic carbocycles. The van der Waals surface area contributed by atoms with Crippen LogP contribution in [0.3, 0.4) is 0 Å². The van der Waals surface area contributed by atoms with Gasteiger partial charge in [-0.05, 0) is 78.6 Å². The van der Waals surface area contributed by atoms with Gasteiger partial charge in [-0.25, -0.2) is 4.98 Å². The molecular formula is C39H46N4O7. The minimum absolute atomic E-state index is 0.0391. The zero-order valence-corrected chi connectivity index (χ0v) is 29.6. The normalized spacial score (nSPS) is 17.2. The van der Waals surface area contributed by atoms with Crippen LogP contribution in [-0.4, -0.2) is 62.2 Å². The molecule has 1 fully saturated rings. The van der Waals surface area contributed by atoms with Crippen molar-refractivity contribution in [1.82, 2.24) is 15.2 Å². The van der Waals surface area contributed by atoms with Gasteiger partial charge in [0.25, 0.3) is 0 Å². The average molecular weight is 683 g/mol. The van der Waals surface area contributed by atoms with Gasteiger partial charge in [0, 0.05) is 31.5 Å². The van der Waals surface area contributed by atoms with Crippen LogP contribution < -0.4 is 30.3 Å². The molecule has 50 heavy (non-hydrogen) atoms. The zero-order valence-electron chi connectivity index (χ0n) is 29.6. The number of para-hydroxylation sites is 2. The van der Waals surface area contributed by atoms with E-state index in [1.165, 1.54) is 6.92 Å². The Balaban J connectivity index is 1.33. The number of hydrogen-bond donors (Lipinski definition) is 2. The molecular weight excluding hydrogens is 636 g/mol. The minimum atomic E-state index is -0.617. The summed E-state index contributed by atoms with van der Waals surface area (Å²) < 4.78 is 23.3. The lowest BCUT2D eigenvalue weighted by Crippen LogP contribution is -2.49. The number of anilines is 1. The number of oxazole rings is 1. The second-order valence-electron chi connectivity index (χ2n) is 13.2. The van der Waals surface area contributed by atoms with Crippen molar-refractivity contribution >= 4 is 28.6 Å². The van der Waals surface area contributed by atoms with E-state index < -0.39 is 12.1 Å². The number of rotatable bonds is 10. The van der Waals surface area contributed by atoms with Crippen LogP contribution in [0.5, 0.6) is 17.2 Å². The molecule has 1 aromatic heterocycles. The lowest BCUT2D eigenvalue weighted by molar-refractivity contribution is -0.134. The van der Waals surface area contributed by atoms with Crippen molar-refractivity contribution in [3.05, 3.63) is 75.8 Å². The zero-order chi connectivity index (χ0) is 35.5. The van der Waals surface area contributed by atoms with E-state index in [9.17, 15) is 14.4 Å². The van der Waals surface area contributed by atoms with Crippen LogP contribution in [0.25, 0.3) is 22.2 Å². The van der Waals surface area contributed by atoms with Gasteiger partial charge >= 0.3 is 0 Å². The Bertz CT molecular complexity index is 1920. The van der Waals surface area contributed by atoms with Gasteiger partial charge in [0.05, 0.1) is 33.1 Å². The first-order chi connectivity index (χ1) is 24.2. The topological polar surface area (TPSA) is 132 Å². The number of benzene rings is 2. The van der Waals surface area contributed by atoms with Gasteiger partial charge in [0.15, 0.2) is 23.0 Å². The molecule has 1 aliphatic carbocycles. The standard InChI is InChI=1S/C39H46N4O7/c1-7-22(2)35(39(46)43-18-16-24(17-19-43)38-42-30-10-8-9-11-32(30)50-38)41-29-15-13-26-27(21-31(29)45)28(40-23(3)44)14-12-25-20-33(47-4)36(48-5)37(49-6)34(25)26/h8-11,13,15,20-22,24,28,35H,7,12,14,16-19H2,1-6H3,(H,40,44)(H,41,45)/t22-,28+,35+/m1/s1. The second-order valence-corrected chi connectivity index (χ2v) is 13.2. The van der Waals surface area contributed by atoms with E-state index in [1.54, 1.807) is 33.5 Å². The summed E-state index contributed by atoms with van der Waals surface area (Å²) in [4.78, 5) is 47.2. The Morgan fingerprint density at radius 1 is 1.00 bits per heavy atom. The highest BCUT2D eigenvalue weighted by Crippen LogP contribution is 2.50. The van der Waals surface area contributed by atoms with Crippen LogP contribution in [0.15, 0.2) is 57.7 Å². The fourth-order valence-electron chi connectivity index (χ4n) is 7.29. The number of nitrogens with zero attached hydrogens (tertiary/aromatic N) is 2. The number of aryl methyl sites for hydroxylation is 1. The van der Waals surface area contributed by atoms with Crippen molar-refractivity contribution in [1.29, 1.82) is 0 Å². The van der Waals surface area contributed by atoms with Gasteiger partial charge < -0.3 is 34.2 Å². The highest BCUT2D eigenvalue weighted by molar-refractivity contribution is 5.86. The van der Waals surface area contributed by atoms with E-state index in [-0.39, 0.29) is 29.1 Å². The van der Waals surface area contributed by atoms with E-state index in [0.29, 0.717) is 60.3 Å². The second kappa shape index (κ2) is 14.8. The van der Waals surface area contributed by atoms with Crippen LogP contribution in [0, 0.1) is 5.92 Å². The maximum Gasteiger partial charge on any atom is 0.245 e. The molecule has 0 saturated carbocycles. The van der Waals surface area contributed by atoms with E-state index in [2.05, 4.69) is 10.6 Å². The molecule has 4 aromatic rings. The van der Waals surface area contributed by atoms with Crippen LogP contribution in [0.4, 0.5) is 5.69 Å². The summed E-state index contributed by atoms with van der Waals surface area (Å²) in [5.41, 5.74) is 4.74. The number of ether oxygens (including phenoxy) is 3. The molecule has 0 radical (unpaired) electrons. The Hall–Kier alpha value is -5.06. The molecule has 11 nitrogen and oxygen atoms in total. The van der Waals surface area contributed by atoms with Gasteiger partial charge in [0.1, 0.15) is 11.6 Å². The molecule has 264 valence electrons. The number of piperidine rings is 1. The summed E-state index contributed by atoms with van der Waals surface area (Å²) in [6.07, 6.45) is 3.38. The number of fused-ring (bicyclic) bond motifs is 4. The summed E-state index contributed by atoms with van der Waals surface area (Å²) in [5.74, 6) is 2.01. The number of methoxy groups -OCH3 is 3. The first kappa shape index (κ1) is 34.8. The van der Waals surface area contributed by atoms with E-state index in [4.69, 9.17) is 23.6 Å². The van der Waals surface area contributed by atoms with Crippen molar-refractivity contribution in [2.75, 3.05) is 39.7 Å². The van der Waals surface area contributed by atoms with Crippen molar-refractivity contribution < 1.29 is 28.2 Å². The molecule has 1 aliphatic heterocycles. The fraction of sp³-hybridized carbons (Fsp3) is 0.436. The third-order valence-corrected chi connectivity index (χ3v) is 10.2. The fourth-order valence-corrected chi connectivity index (χ4v) is 7.29. The van der Waals surface area contributed by atoms with Gasteiger partial charge in [-0.15, -0.1) is 0 Å². The molecule has 6 rings (SSSR count). The van der Waals surface area contributed by atoms with Crippen LogP contribution in [-0.2, 0) is 16.0 Å². The lowest BCUT2D eigenvalue weighted by atomic mass is 9.93. The highest BCUT2D eigenvalue weighted by Gasteiger charge is 2.34. The Morgan fingerprint density at radius 3 is 2.40 bits per heavy atom.